The van der Waals surface area contributed by atoms with Crippen LogP contribution in [0.15, 0.2) is 23.8 Å². The molecular weight excluding hydrogens is 427 g/mol. The van der Waals surface area contributed by atoms with E-state index >= 15 is 0 Å². The Kier molecular flexibility index (Phi) is 12.1. The summed E-state index contributed by atoms with van der Waals surface area (Å²) in [5, 5.41) is 50.6. The Labute approximate surface area is 211 Å². The number of fused-ring (bicyclic) bond motifs is 1. The first kappa shape index (κ1) is 29.3. The number of carboxylic acid groups (broad SMARTS) is 1. The molecule has 0 saturated carbocycles. The molecule has 0 heterocycles. The van der Waals surface area contributed by atoms with Gasteiger partial charge in [-0.1, -0.05) is 25.2 Å². The number of aliphatic hydroxyl groups excluding tert-OH is 4. The summed E-state index contributed by atoms with van der Waals surface area (Å²) in [5.41, 5.74) is 0.885. The average Bonchev–Trinajstić information content (AvgIpc) is 2.65. The van der Waals surface area contributed by atoms with Gasteiger partial charge in [-0.25, -0.2) is 0 Å². The van der Waals surface area contributed by atoms with E-state index in [1.54, 1.807) is 13.0 Å². The van der Waals surface area contributed by atoms with Crippen LogP contribution in [0.5, 0.6) is 0 Å². The maximum absolute atomic E-state index is 12.5. The molecule has 8 nitrogen and oxygen atoms in total. The molecular formula is C23H35NaO8. The molecule has 9 heteroatoms. The minimum atomic E-state index is -1.36. The second-order valence-corrected chi connectivity index (χ2v) is 9.08. The van der Waals surface area contributed by atoms with Crippen LogP contribution in [0.25, 0.3) is 0 Å². The second-order valence-electron chi connectivity index (χ2n) is 9.08. The fourth-order valence-corrected chi connectivity index (χ4v) is 4.53. The fraction of sp³-hybridized carbons (Fsp3) is 0.739. The molecule has 0 aliphatic heterocycles. The number of rotatable bonds is 10. The summed E-state index contributed by atoms with van der Waals surface area (Å²) < 4.78 is 5.74. The molecule has 0 aromatic carbocycles. The topological polar surface area (TPSA) is 147 Å². The second kappa shape index (κ2) is 13.2. The predicted molar refractivity (Wildman–Crippen MR) is 110 cm³/mol. The average molecular weight is 463 g/mol. The Hall–Kier alpha value is -0.740. The minimum absolute atomic E-state index is 0. The van der Waals surface area contributed by atoms with Crippen molar-refractivity contribution in [1.82, 2.24) is 0 Å². The molecule has 0 unspecified atom stereocenters. The largest absolute Gasteiger partial charge is 1.00 e. The molecule has 4 N–H and O–H groups in total. The number of carbonyl (C=O) groups is 2. The SMILES string of the molecule is C[C@H](O)[C@H](C)C(=O)O[C@H]1C[C@H](O)C=C2C=C[C@H](C)[C@H](CC[C@@H](O)C[C@@H](O)CC(=O)[O-])[C@H]21.[Na+]. The van der Waals surface area contributed by atoms with Crippen molar-refractivity contribution in [2.75, 3.05) is 0 Å². The van der Waals surface area contributed by atoms with Crippen molar-refractivity contribution >= 4 is 11.9 Å². The van der Waals surface area contributed by atoms with Gasteiger partial charge in [0.25, 0.3) is 0 Å². The van der Waals surface area contributed by atoms with Crippen LogP contribution in [0.4, 0.5) is 0 Å². The summed E-state index contributed by atoms with van der Waals surface area (Å²) in [7, 11) is 0. The van der Waals surface area contributed by atoms with Gasteiger partial charge in [-0.2, -0.15) is 0 Å². The molecule has 0 saturated heterocycles. The summed E-state index contributed by atoms with van der Waals surface area (Å²) in [6.07, 6.45) is 2.16. The Morgan fingerprint density at radius 2 is 1.88 bits per heavy atom. The van der Waals surface area contributed by atoms with Gasteiger partial charge < -0.3 is 35.1 Å². The summed E-state index contributed by atoms with van der Waals surface area (Å²) in [6.45, 7) is 5.16. The zero-order valence-electron chi connectivity index (χ0n) is 19.4. The third-order valence-electron chi connectivity index (χ3n) is 6.52. The third kappa shape index (κ3) is 8.24. The third-order valence-corrected chi connectivity index (χ3v) is 6.52. The van der Waals surface area contributed by atoms with E-state index in [9.17, 15) is 35.1 Å². The minimum Gasteiger partial charge on any atom is -0.550 e. The van der Waals surface area contributed by atoms with Gasteiger partial charge in [0.2, 0.25) is 0 Å². The van der Waals surface area contributed by atoms with E-state index < -0.39 is 54.8 Å². The first-order valence-corrected chi connectivity index (χ1v) is 11.0. The number of esters is 1. The van der Waals surface area contributed by atoms with Gasteiger partial charge in [-0.05, 0) is 50.5 Å². The van der Waals surface area contributed by atoms with Crippen LogP contribution in [0.1, 0.15) is 52.9 Å². The monoisotopic (exact) mass is 462 g/mol. The molecule has 176 valence electrons. The Morgan fingerprint density at radius 3 is 2.47 bits per heavy atom. The van der Waals surface area contributed by atoms with Crippen molar-refractivity contribution in [2.45, 2.75) is 83.4 Å². The maximum Gasteiger partial charge on any atom is 1.00 e. The van der Waals surface area contributed by atoms with Crippen molar-refractivity contribution in [3.8, 4) is 0 Å². The van der Waals surface area contributed by atoms with E-state index in [4.69, 9.17) is 4.74 Å². The number of carboxylic acids is 1. The molecule has 2 aliphatic rings. The van der Waals surface area contributed by atoms with E-state index in [2.05, 4.69) is 0 Å². The van der Waals surface area contributed by atoms with Crippen molar-refractivity contribution in [3.63, 3.8) is 0 Å². The molecule has 9 atom stereocenters. The Morgan fingerprint density at radius 1 is 1.22 bits per heavy atom. The quantitative estimate of drug-likeness (QED) is 0.199. The molecule has 0 bridgehead atoms. The number of aliphatic hydroxyl groups is 4. The number of hydrogen-bond donors (Lipinski definition) is 4. The van der Waals surface area contributed by atoms with Crippen molar-refractivity contribution in [3.05, 3.63) is 23.8 Å². The van der Waals surface area contributed by atoms with E-state index in [1.807, 2.05) is 19.1 Å². The van der Waals surface area contributed by atoms with Crippen LogP contribution in [0.3, 0.4) is 0 Å². The zero-order chi connectivity index (χ0) is 23.3. The first-order valence-electron chi connectivity index (χ1n) is 11.0. The number of hydrogen-bond acceptors (Lipinski definition) is 8. The van der Waals surface area contributed by atoms with E-state index in [0.717, 1.165) is 5.57 Å². The van der Waals surface area contributed by atoms with Gasteiger partial charge in [-0.3, -0.25) is 4.79 Å². The summed E-state index contributed by atoms with van der Waals surface area (Å²) in [5.74, 6) is -2.57. The Bertz CT molecular complexity index is 691. The van der Waals surface area contributed by atoms with Crippen LogP contribution in [-0.4, -0.2) is 62.9 Å². The maximum atomic E-state index is 12.5. The summed E-state index contributed by atoms with van der Waals surface area (Å²) in [6, 6.07) is 0. The van der Waals surface area contributed by atoms with Crippen molar-refractivity contribution < 1.29 is 69.4 Å². The molecule has 0 spiro atoms. The predicted octanol–water partition coefficient (Wildman–Crippen LogP) is -2.92. The summed E-state index contributed by atoms with van der Waals surface area (Å²) >= 11 is 0. The number of allylic oxidation sites excluding steroid dienone is 2. The molecule has 0 aromatic rings. The molecule has 32 heavy (non-hydrogen) atoms. The van der Waals surface area contributed by atoms with Gasteiger partial charge in [0.15, 0.2) is 0 Å². The van der Waals surface area contributed by atoms with Gasteiger partial charge >= 0.3 is 35.5 Å². The molecule has 0 amide bonds. The number of ether oxygens (including phenoxy) is 1. The van der Waals surface area contributed by atoms with E-state index in [1.165, 1.54) is 6.92 Å². The Balaban J connectivity index is 0.00000512. The molecule has 0 radical (unpaired) electrons. The van der Waals surface area contributed by atoms with Crippen LogP contribution in [-0.2, 0) is 14.3 Å². The molecule has 0 fully saturated rings. The van der Waals surface area contributed by atoms with Crippen LogP contribution < -0.4 is 34.7 Å². The van der Waals surface area contributed by atoms with Crippen LogP contribution in [0.2, 0.25) is 0 Å². The molecule has 0 aromatic heterocycles. The van der Waals surface area contributed by atoms with Crippen molar-refractivity contribution in [1.29, 1.82) is 0 Å². The van der Waals surface area contributed by atoms with E-state index in [-0.39, 0.29) is 60.2 Å². The fourth-order valence-electron chi connectivity index (χ4n) is 4.53. The van der Waals surface area contributed by atoms with E-state index in [0.29, 0.717) is 12.8 Å². The van der Waals surface area contributed by atoms with Crippen LogP contribution in [0, 0.1) is 23.7 Å². The molecule has 2 aliphatic carbocycles. The molecule has 2 rings (SSSR count). The zero-order valence-corrected chi connectivity index (χ0v) is 21.4. The number of carbonyl (C=O) groups excluding carboxylic acids is 2. The van der Waals surface area contributed by atoms with Gasteiger partial charge in [0, 0.05) is 24.7 Å². The number of aliphatic carboxylic acids is 1. The summed E-state index contributed by atoms with van der Waals surface area (Å²) in [4.78, 5) is 23.1. The normalized spacial score (nSPS) is 30.7. The smallest absolute Gasteiger partial charge is 0.550 e. The van der Waals surface area contributed by atoms with Gasteiger partial charge in [0.1, 0.15) is 6.10 Å². The standard InChI is InChI=1S/C23H36O8.Na/c1-12-4-5-15-8-17(26)10-20(31-23(30)13(2)14(3)24)22(15)19(12)7-6-16(25)9-18(27)11-21(28)29;/h4-5,8,12-14,16-20,22,24-27H,6-7,9-11H2,1-3H3,(H,28,29);/q;+1/p-1/t12-,13-,14-,16+,17+,18+,19-,20-,22-;/m0./s1. The van der Waals surface area contributed by atoms with Crippen LogP contribution >= 0.6 is 0 Å². The first-order chi connectivity index (χ1) is 14.5. The van der Waals surface area contributed by atoms with Crippen molar-refractivity contribution in [2.24, 2.45) is 23.7 Å². The van der Waals surface area contributed by atoms with Gasteiger partial charge in [0.05, 0.1) is 30.3 Å². The van der Waals surface area contributed by atoms with Gasteiger partial charge in [-0.15, -0.1) is 0 Å².